The Hall–Kier alpha value is -3.13. The van der Waals surface area contributed by atoms with Crippen molar-refractivity contribution in [1.82, 2.24) is 9.80 Å². The number of hydrogen-bond donors (Lipinski definition) is 0. The third-order valence-electron chi connectivity index (χ3n) is 6.88. The van der Waals surface area contributed by atoms with Crippen molar-refractivity contribution in [2.24, 2.45) is 0 Å². The molecule has 0 N–H and O–H groups in total. The SMILES string of the molecule is COc1cc2c(cc1OC)C(=O)N(C1CCCN(CCCOc3ccc4c(c3)OCO4)C1)CC2. The third kappa shape index (κ3) is 4.59. The van der Waals surface area contributed by atoms with E-state index in [0.717, 1.165) is 80.2 Å². The van der Waals surface area contributed by atoms with Gasteiger partial charge >= 0.3 is 0 Å². The lowest BCUT2D eigenvalue weighted by atomic mass is 9.94. The fraction of sp³-hybridized carbons (Fsp3) is 0.500. The number of rotatable bonds is 8. The van der Waals surface area contributed by atoms with Crippen molar-refractivity contribution in [3.05, 3.63) is 41.5 Å². The molecule has 182 valence electrons. The molecule has 3 aliphatic rings. The number of carbonyl (C=O) groups is 1. The largest absolute Gasteiger partial charge is 0.493 e. The van der Waals surface area contributed by atoms with Gasteiger partial charge in [-0.15, -0.1) is 0 Å². The maximum atomic E-state index is 13.4. The van der Waals surface area contributed by atoms with Crippen LogP contribution in [0, 0.1) is 0 Å². The molecule has 0 bridgehead atoms. The normalized spacial score (nSPS) is 19.6. The standard InChI is InChI=1S/C26H32N2O6/c1-30-23-13-18-8-11-28(26(29)21(18)15-24(23)31-2)19-5-3-9-27(16-19)10-4-12-32-20-6-7-22-25(14-20)34-17-33-22/h6-7,13-15,19H,3-5,8-12,16-17H2,1-2H3. The van der Waals surface area contributed by atoms with Crippen molar-refractivity contribution in [3.8, 4) is 28.7 Å². The molecule has 0 aliphatic carbocycles. The second kappa shape index (κ2) is 10.0. The molecule has 1 fully saturated rings. The van der Waals surface area contributed by atoms with E-state index in [1.807, 2.05) is 30.3 Å². The van der Waals surface area contributed by atoms with Gasteiger partial charge < -0.3 is 33.5 Å². The number of ether oxygens (including phenoxy) is 5. The van der Waals surface area contributed by atoms with E-state index in [9.17, 15) is 4.79 Å². The van der Waals surface area contributed by atoms with Gasteiger partial charge in [0.2, 0.25) is 6.79 Å². The van der Waals surface area contributed by atoms with Gasteiger partial charge in [0.15, 0.2) is 23.0 Å². The zero-order chi connectivity index (χ0) is 23.5. The van der Waals surface area contributed by atoms with E-state index >= 15 is 0 Å². The maximum absolute atomic E-state index is 13.4. The second-order valence-corrected chi connectivity index (χ2v) is 8.93. The Morgan fingerprint density at radius 2 is 1.85 bits per heavy atom. The molecule has 0 aromatic heterocycles. The zero-order valence-electron chi connectivity index (χ0n) is 19.9. The number of likely N-dealkylation sites (tertiary alicyclic amines) is 1. The molecule has 0 saturated carbocycles. The highest BCUT2D eigenvalue weighted by atomic mass is 16.7. The molecule has 0 radical (unpaired) electrons. The summed E-state index contributed by atoms with van der Waals surface area (Å²) in [7, 11) is 3.22. The molecule has 0 spiro atoms. The first kappa shape index (κ1) is 22.7. The predicted octanol–water partition coefficient (Wildman–Crippen LogP) is 3.36. The van der Waals surface area contributed by atoms with Crippen LogP contribution in [0.5, 0.6) is 28.7 Å². The van der Waals surface area contributed by atoms with Gasteiger partial charge in [-0.05, 0) is 62.1 Å². The van der Waals surface area contributed by atoms with Crippen molar-refractivity contribution in [2.75, 3.05) is 53.8 Å². The molecular formula is C26H32N2O6. The summed E-state index contributed by atoms with van der Waals surface area (Å²) in [4.78, 5) is 17.9. The molecule has 34 heavy (non-hydrogen) atoms. The van der Waals surface area contributed by atoms with Crippen LogP contribution in [-0.4, -0.2) is 75.5 Å². The fourth-order valence-electron chi connectivity index (χ4n) is 5.11. The summed E-state index contributed by atoms with van der Waals surface area (Å²) >= 11 is 0. The van der Waals surface area contributed by atoms with Gasteiger partial charge in [0.05, 0.1) is 20.8 Å². The summed E-state index contributed by atoms with van der Waals surface area (Å²) in [5.74, 6) is 3.67. The first-order valence-electron chi connectivity index (χ1n) is 12.0. The molecular weight excluding hydrogens is 436 g/mol. The summed E-state index contributed by atoms with van der Waals surface area (Å²) in [5, 5.41) is 0. The van der Waals surface area contributed by atoms with E-state index in [1.54, 1.807) is 14.2 Å². The number of carbonyl (C=O) groups excluding carboxylic acids is 1. The second-order valence-electron chi connectivity index (χ2n) is 8.93. The number of benzene rings is 2. The Bertz CT molecular complexity index is 1040. The lowest BCUT2D eigenvalue weighted by Crippen LogP contribution is -2.52. The van der Waals surface area contributed by atoms with Crippen molar-refractivity contribution in [1.29, 1.82) is 0 Å². The summed E-state index contributed by atoms with van der Waals surface area (Å²) in [5.41, 5.74) is 1.77. The number of fused-ring (bicyclic) bond motifs is 2. The summed E-state index contributed by atoms with van der Waals surface area (Å²) in [6, 6.07) is 9.68. The highest BCUT2D eigenvalue weighted by Gasteiger charge is 2.33. The minimum atomic E-state index is 0.0974. The van der Waals surface area contributed by atoms with E-state index in [2.05, 4.69) is 9.80 Å². The Kier molecular flexibility index (Phi) is 6.67. The van der Waals surface area contributed by atoms with Crippen LogP contribution in [0.15, 0.2) is 30.3 Å². The molecule has 3 aliphatic heterocycles. The minimum Gasteiger partial charge on any atom is -0.493 e. The van der Waals surface area contributed by atoms with Crippen LogP contribution in [0.25, 0.3) is 0 Å². The Morgan fingerprint density at radius 3 is 2.71 bits per heavy atom. The quantitative estimate of drug-likeness (QED) is 0.550. The van der Waals surface area contributed by atoms with E-state index in [4.69, 9.17) is 23.7 Å². The lowest BCUT2D eigenvalue weighted by molar-refractivity contribution is 0.0517. The molecule has 1 unspecified atom stereocenters. The number of piperidine rings is 1. The lowest BCUT2D eigenvalue weighted by Gasteiger charge is -2.41. The van der Waals surface area contributed by atoms with E-state index < -0.39 is 0 Å². The predicted molar refractivity (Wildman–Crippen MR) is 126 cm³/mol. The van der Waals surface area contributed by atoms with Gasteiger partial charge in [0.1, 0.15) is 5.75 Å². The molecule has 8 heteroatoms. The van der Waals surface area contributed by atoms with Crippen LogP contribution in [0.2, 0.25) is 0 Å². The van der Waals surface area contributed by atoms with Gasteiger partial charge in [-0.25, -0.2) is 0 Å². The van der Waals surface area contributed by atoms with Gasteiger partial charge in [0, 0.05) is 37.3 Å². The molecule has 3 heterocycles. The van der Waals surface area contributed by atoms with Gasteiger partial charge in [-0.1, -0.05) is 0 Å². The van der Waals surface area contributed by atoms with Gasteiger partial charge in [-0.3, -0.25) is 4.79 Å². The number of hydrogen-bond acceptors (Lipinski definition) is 7. The van der Waals surface area contributed by atoms with Crippen LogP contribution < -0.4 is 23.7 Å². The Labute approximate surface area is 200 Å². The van der Waals surface area contributed by atoms with E-state index in [0.29, 0.717) is 18.1 Å². The van der Waals surface area contributed by atoms with Crippen LogP contribution in [-0.2, 0) is 6.42 Å². The maximum Gasteiger partial charge on any atom is 0.254 e. The van der Waals surface area contributed by atoms with Crippen LogP contribution in [0.3, 0.4) is 0 Å². The van der Waals surface area contributed by atoms with Crippen LogP contribution in [0.4, 0.5) is 0 Å². The van der Waals surface area contributed by atoms with Crippen LogP contribution >= 0.6 is 0 Å². The monoisotopic (exact) mass is 468 g/mol. The number of nitrogens with zero attached hydrogens (tertiary/aromatic N) is 2. The molecule has 2 aromatic carbocycles. The summed E-state index contributed by atoms with van der Waals surface area (Å²) < 4.78 is 27.5. The molecule has 1 amide bonds. The van der Waals surface area contributed by atoms with E-state index in [1.165, 1.54) is 0 Å². The number of methoxy groups -OCH3 is 2. The summed E-state index contributed by atoms with van der Waals surface area (Å²) in [6.07, 6.45) is 3.89. The van der Waals surface area contributed by atoms with Crippen molar-refractivity contribution in [3.63, 3.8) is 0 Å². The van der Waals surface area contributed by atoms with E-state index in [-0.39, 0.29) is 18.7 Å². The first-order valence-corrected chi connectivity index (χ1v) is 12.0. The third-order valence-corrected chi connectivity index (χ3v) is 6.88. The summed E-state index contributed by atoms with van der Waals surface area (Å²) in [6.45, 7) is 4.56. The Morgan fingerprint density at radius 1 is 1.03 bits per heavy atom. The smallest absolute Gasteiger partial charge is 0.254 e. The highest BCUT2D eigenvalue weighted by Crippen LogP contribution is 2.36. The minimum absolute atomic E-state index is 0.0974. The Balaban J connectivity index is 1.14. The number of amides is 1. The van der Waals surface area contributed by atoms with Gasteiger partial charge in [-0.2, -0.15) is 0 Å². The van der Waals surface area contributed by atoms with Crippen LogP contribution in [0.1, 0.15) is 35.2 Å². The molecule has 2 aromatic rings. The first-order chi connectivity index (χ1) is 16.7. The van der Waals surface area contributed by atoms with Gasteiger partial charge in [0.25, 0.3) is 5.91 Å². The topological polar surface area (TPSA) is 69.7 Å². The molecule has 1 saturated heterocycles. The van der Waals surface area contributed by atoms with Crippen molar-refractivity contribution >= 4 is 5.91 Å². The molecule has 1 atom stereocenters. The van der Waals surface area contributed by atoms with Crippen molar-refractivity contribution < 1.29 is 28.5 Å². The highest BCUT2D eigenvalue weighted by molar-refractivity contribution is 5.97. The average Bonchev–Trinajstić information content (AvgIpc) is 3.34. The molecule has 8 nitrogen and oxygen atoms in total. The fourth-order valence-corrected chi connectivity index (χ4v) is 5.11. The molecule has 5 rings (SSSR count). The average molecular weight is 469 g/mol. The zero-order valence-corrected chi connectivity index (χ0v) is 19.9. The van der Waals surface area contributed by atoms with Crippen molar-refractivity contribution in [2.45, 2.75) is 31.7 Å².